The number of hydrogen-bond acceptors (Lipinski definition) is 5. The van der Waals surface area contributed by atoms with Crippen LogP contribution in [0.2, 0.25) is 0 Å². The first-order valence-electron chi connectivity index (χ1n) is 32.1. The lowest BCUT2D eigenvalue weighted by molar-refractivity contribution is -0.870. The summed E-state index contributed by atoms with van der Waals surface area (Å²) in [5, 5.41) is 14.1. The average molecular weight is 1040 g/mol. The number of carbonyl (C=O) groups excluding carboxylic acids is 1. The van der Waals surface area contributed by atoms with Crippen molar-refractivity contribution < 1.29 is 32.9 Å². The molecule has 9 heteroatoms. The number of nitrogens with zero attached hydrogens (tertiary/aromatic N) is 1. The molecule has 0 saturated heterocycles. The minimum absolute atomic E-state index is 0.0774. The number of aliphatic hydroxyl groups is 1. The van der Waals surface area contributed by atoms with E-state index in [2.05, 4.69) is 31.3 Å². The Bertz CT molecular complexity index is 1180. The lowest BCUT2D eigenvalue weighted by atomic mass is 10.0. The highest BCUT2D eigenvalue weighted by molar-refractivity contribution is 7.47. The number of carbonyl (C=O) groups is 1. The van der Waals surface area contributed by atoms with E-state index in [1.54, 1.807) is 0 Å². The van der Waals surface area contributed by atoms with Crippen LogP contribution in [0.4, 0.5) is 0 Å². The fourth-order valence-corrected chi connectivity index (χ4v) is 10.7. The molecule has 0 aliphatic heterocycles. The van der Waals surface area contributed by atoms with Crippen molar-refractivity contribution in [3.63, 3.8) is 0 Å². The zero-order valence-corrected chi connectivity index (χ0v) is 50.1. The number of phosphoric ester groups is 1. The molecule has 0 aliphatic carbocycles. The standard InChI is InChI=1S/C63H127N2O6P/c1-6-8-10-12-14-16-18-20-22-24-26-28-30-31-32-33-35-37-39-41-43-45-47-49-51-53-55-57-63(67)64-61(60-71-72(68,69)70-59-58-65(3,4)5)62(66)56-54-52-50-48-46-44-42-40-38-36-34-29-27-25-23-21-19-17-15-13-11-9-7-2/h31-32,61-62,66H,6-30,33-60H2,1-5H3,(H-,64,67,68,69)/p+1/b32-31-. The van der Waals surface area contributed by atoms with Crippen molar-refractivity contribution >= 4 is 13.7 Å². The van der Waals surface area contributed by atoms with Crippen LogP contribution in [0.3, 0.4) is 0 Å². The van der Waals surface area contributed by atoms with Crippen molar-refractivity contribution in [2.75, 3.05) is 40.9 Å². The van der Waals surface area contributed by atoms with Crippen LogP contribution in [0.15, 0.2) is 12.2 Å². The molecule has 0 saturated carbocycles. The van der Waals surface area contributed by atoms with E-state index in [9.17, 15) is 19.4 Å². The Hall–Kier alpha value is -0.760. The highest BCUT2D eigenvalue weighted by atomic mass is 31.2. The smallest absolute Gasteiger partial charge is 0.391 e. The fourth-order valence-electron chi connectivity index (χ4n) is 9.99. The van der Waals surface area contributed by atoms with E-state index >= 15 is 0 Å². The second kappa shape index (κ2) is 55.0. The first kappa shape index (κ1) is 71.2. The largest absolute Gasteiger partial charge is 0.472 e. The number of amides is 1. The molecule has 72 heavy (non-hydrogen) atoms. The summed E-state index contributed by atoms with van der Waals surface area (Å²) in [4.78, 5) is 23.4. The Labute approximate surface area is 450 Å². The van der Waals surface area contributed by atoms with Crippen LogP contribution in [0.25, 0.3) is 0 Å². The van der Waals surface area contributed by atoms with Crippen molar-refractivity contribution in [1.82, 2.24) is 5.32 Å². The van der Waals surface area contributed by atoms with E-state index < -0.39 is 20.0 Å². The zero-order valence-electron chi connectivity index (χ0n) is 49.2. The lowest BCUT2D eigenvalue weighted by Crippen LogP contribution is -2.46. The summed E-state index contributed by atoms with van der Waals surface area (Å²) in [7, 11) is 1.63. The molecule has 0 radical (unpaired) electrons. The van der Waals surface area contributed by atoms with Crippen LogP contribution in [-0.4, -0.2) is 73.4 Å². The van der Waals surface area contributed by atoms with Crippen LogP contribution >= 0.6 is 7.82 Å². The highest BCUT2D eigenvalue weighted by Gasteiger charge is 2.28. The fraction of sp³-hybridized carbons (Fsp3) is 0.952. The van der Waals surface area contributed by atoms with Gasteiger partial charge >= 0.3 is 7.82 Å². The van der Waals surface area contributed by atoms with Gasteiger partial charge < -0.3 is 19.8 Å². The molecule has 0 spiro atoms. The molecule has 0 aromatic rings. The molecule has 0 fully saturated rings. The van der Waals surface area contributed by atoms with Gasteiger partial charge in [0.1, 0.15) is 13.2 Å². The molecule has 0 rings (SSSR count). The normalized spacial score (nSPS) is 13.8. The predicted octanol–water partition coefficient (Wildman–Crippen LogP) is 19.8. The van der Waals surface area contributed by atoms with Crippen LogP contribution in [0.1, 0.15) is 335 Å². The molecule has 3 atom stereocenters. The van der Waals surface area contributed by atoms with Crippen molar-refractivity contribution in [2.45, 2.75) is 347 Å². The van der Waals surface area contributed by atoms with Crippen molar-refractivity contribution in [3.05, 3.63) is 12.2 Å². The Morgan fingerprint density at radius 1 is 0.458 bits per heavy atom. The summed E-state index contributed by atoms with van der Waals surface area (Å²) in [5.41, 5.74) is 0. The topological polar surface area (TPSA) is 105 Å². The molecule has 430 valence electrons. The molecule has 0 aliphatic rings. The summed E-state index contributed by atoms with van der Waals surface area (Å²) in [6, 6.07) is -0.759. The van der Waals surface area contributed by atoms with Gasteiger partial charge in [-0.1, -0.05) is 302 Å². The molecule has 8 nitrogen and oxygen atoms in total. The summed E-state index contributed by atoms with van der Waals surface area (Å²) in [5.74, 6) is -0.138. The van der Waals surface area contributed by atoms with Gasteiger partial charge in [-0.05, 0) is 38.5 Å². The monoisotopic (exact) mass is 1040 g/mol. The average Bonchev–Trinajstić information content (AvgIpc) is 3.34. The summed E-state index contributed by atoms with van der Waals surface area (Å²) in [6.07, 6.45) is 68.6. The van der Waals surface area contributed by atoms with E-state index in [-0.39, 0.29) is 19.1 Å². The van der Waals surface area contributed by atoms with E-state index in [4.69, 9.17) is 9.05 Å². The number of aliphatic hydroxyl groups excluding tert-OH is 1. The summed E-state index contributed by atoms with van der Waals surface area (Å²) < 4.78 is 23.9. The maximum absolute atomic E-state index is 13.0. The van der Waals surface area contributed by atoms with E-state index in [1.165, 1.54) is 270 Å². The zero-order chi connectivity index (χ0) is 52.7. The van der Waals surface area contributed by atoms with Gasteiger partial charge in [0, 0.05) is 6.42 Å². The summed E-state index contributed by atoms with van der Waals surface area (Å²) in [6.45, 7) is 4.95. The van der Waals surface area contributed by atoms with Gasteiger partial charge in [0.2, 0.25) is 5.91 Å². The van der Waals surface area contributed by atoms with E-state index in [1.807, 2.05) is 21.1 Å². The van der Waals surface area contributed by atoms with Gasteiger partial charge in [0.05, 0.1) is 39.9 Å². The van der Waals surface area contributed by atoms with Crippen LogP contribution < -0.4 is 5.32 Å². The Balaban J connectivity index is 4.07. The SMILES string of the molecule is CCCCCCCCCCCCCC/C=C\CCCCCCCCCCCCCC(=O)NC(COP(=O)(O)OCC[N+](C)(C)C)C(O)CCCCCCCCCCCCCCCCCCCCCCCCC. The molecule has 3 unspecified atom stereocenters. The molecule has 0 bridgehead atoms. The lowest BCUT2D eigenvalue weighted by Gasteiger charge is -2.26. The maximum atomic E-state index is 13.0. The third kappa shape index (κ3) is 57.0. The summed E-state index contributed by atoms with van der Waals surface area (Å²) >= 11 is 0. The molecule has 0 heterocycles. The minimum Gasteiger partial charge on any atom is -0.391 e. The van der Waals surface area contributed by atoms with Crippen molar-refractivity contribution in [1.29, 1.82) is 0 Å². The minimum atomic E-state index is -4.32. The van der Waals surface area contributed by atoms with Crippen LogP contribution in [-0.2, 0) is 18.4 Å². The van der Waals surface area contributed by atoms with Crippen LogP contribution in [0.5, 0.6) is 0 Å². The molecule has 0 aromatic heterocycles. The Kier molecular flexibility index (Phi) is 54.4. The molecule has 3 N–H and O–H groups in total. The third-order valence-electron chi connectivity index (χ3n) is 15.0. The molecular formula is C63H128N2O6P+. The Morgan fingerprint density at radius 3 is 1.07 bits per heavy atom. The van der Waals surface area contributed by atoms with Gasteiger partial charge in [-0.3, -0.25) is 13.8 Å². The number of nitrogens with one attached hydrogen (secondary N) is 1. The first-order valence-corrected chi connectivity index (χ1v) is 33.5. The van der Waals surface area contributed by atoms with Gasteiger partial charge in [-0.15, -0.1) is 0 Å². The number of hydrogen-bond donors (Lipinski definition) is 3. The van der Waals surface area contributed by atoms with Crippen LogP contribution in [0, 0.1) is 0 Å². The number of allylic oxidation sites excluding steroid dienone is 2. The van der Waals surface area contributed by atoms with Gasteiger partial charge in [-0.2, -0.15) is 0 Å². The van der Waals surface area contributed by atoms with E-state index in [0.717, 1.165) is 38.5 Å². The maximum Gasteiger partial charge on any atom is 0.472 e. The predicted molar refractivity (Wildman–Crippen MR) is 314 cm³/mol. The van der Waals surface area contributed by atoms with Crippen molar-refractivity contribution in [3.8, 4) is 0 Å². The highest BCUT2D eigenvalue weighted by Crippen LogP contribution is 2.43. The molecule has 1 amide bonds. The molecule has 0 aromatic carbocycles. The van der Waals surface area contributed by atoms with Gasteiger partial charge in [-0.25, -0.2) is 4.57 Å². The number of quaternary nitrogens is 1. The second-order valence-electron chi connectivity index (χ2n) is 23.5. The van der Waals surface area contributed by atoms with Gasteiger partial charge in [0.15, 0.2) is 0 Å². The second-order valence-corrected chi connectivity index (χ2v) is 25.0. The number of rotatable bonds is 60. The Morgan fingerprint density at radius 2 is 0.750 bits per heavy atom. The number of likely N-dealkylation sites (N-methyl/N-ethyl adjacent to an activating group) is 1. The van der Waals surface area contributed by atoms with Gasteiger partial charge in [0.25, 0.3) is 0 Å². The number of unbranched alkanes of at least 4 members (excludes halogenated alkanes) is 45. The third-order valence-corrected chi connectivity index (χ3v) is 16.0. The van der Waals surface area contributed by atoms with E-state index in [0.29, 0.717) is 23.9 Å². The number of phosphoric acid groups is 1. The molecular weight excluding hydrogens is 912 g/mol. The van der Waals surface area contributed by atoms with Crippen molar-refractivity contribution in [2.24, 2.45) is 0 Å². The first-order chi connectivity index (χ1) is 35.0. The quantitative estimate of drug-likeness (QED) is 0.0243.